The van der Waals surface area contributed by atoms with E-state index in [-0.39, 0.29) is 23.6 Å². The average molecular weight is 382 g/mol. The molecule has 1 saturated heterocycles. The number of piperidine rings is 1. The second-order valence-electron chi connectivity index (χ2n) is 9.00. The Kier molecular flexibility index (Phi) is 7.29. The van der Waals surface area contributed by atoms with E-state index in [1.807, 2.05) is 20.8 Å². The lowest BCUT2D eigenvalue weighted by Gasteiger charge is -2.44. The van der Waals surface area contributed by atoms with Crippen molar-refractivity contribution in [2.75, 3.05) is 13.2 Å². The first-order valence-corrected chi connectivity index (χ1v) is 10.3. The normalized spacial score (nSPS) is 25.9. The molecule has 0 radical (unpaired) electrons. The summed E-state index contributed by atoms with van der Waals surface area (Å²) in [5, 5.41) is 0. The second kappa shape index (κ2) is 9.07. The molecule has 2 fully saturated rings. The molecular weight excluding hydrogens is 346 g/mol. The van der Waals surface area contributed by atoms with E-state index in [2.05, 4.69) is 13.8 Å². The molecule has 1 amide bonds. The van der Waals surface area contributed by atoms with Crippen LogP contribution in [0, 0.1) is 17.8 Å². The van der Waals surface area contributed by atoms with Crippen LogP contribution < -0.4 is 0 Å². The SMILES string of the molecule is CCC(CC)COC(=O)[C@@H]1C[C@H]2CC(=O)CC[C@H]2CN1C(=O)OC(C)(C)C. The number of esters is 1. The molecule has 2 aliphatic rings. The lowest BCUT2D eigenvalue weighted by molar-refractivity contribution is -0.155. The van der Waals surface area contributed by atoms with Gasteiger partial charge in [-0.25, -0.2) is 9.59 Å². The molecule has 1 aliphatic heterocycles. The van der Waals surface area contributed by atoms with Gasteiger partial charge in [0, 0.05) is 19.4 Å². The fraction of sp³-hybridized carbons (Fsp3) is 0.857. The second-order valence-corrected chi connectivity index (χ2v) is 9.00. The van der Waals surface area contributed by atoms with Gasteiger partial charge in [-0.2, -0.15) is 0 Å². The summed E-state index contributed by atoms with van der Waals surface area (Å²) in [5.74, 6) is 0.612. The summed E-state index contributed by atoms with van der Waals surface area (Å²) in [6.45, 7) is 10.4. The van der Waals surface area contributed by atoms with E-state index in [0.29, 0.717) is 38.3 Å². The number of amides is 1. The minimum atomic E-state index is -0.665. The molecular formula is C21H35NO5. The molecule has 0 N–H and O–H groups in total. The number of rotatable bonds is 5. The highest BCUT2D eigenvalue weighted by molar-refractivity contribution is 5.83. The van der Waals surface area contributed by atoms with Crippen LogP contribution in [-0.4, -0.2) is 47.5 Å². The van der Waals surface area contributed by atoms with Crippen LogP contribution in [0.25, 0.3) is 0 Å². The number of hydrogen-bond acceptors (Lipinski definition) is 5. The lowest BCUT2D eigenvalue weighted by atomic mass is 9.72. The van der Waals surface area contributed by atoms with Gasteiger partial charge >= 0.3 is 12.1 Å². The molecule has 0 unspecified atom stereocenters. The zero-order valence-electron chi connectivity index (χ0n) is 17.5. The van der Waals surface area contributed by atoms with E-state index >= 15 is 0 Å². The van der Waals surface area contributed by atoms with Crippen LogP contribution in [0.3, 0.4) is 0 Å². The van der Waals surface area contributed by atoms with E-state index in [1.165, 1.54) is 4.90 Å². The standard InChI is InChI=1S/C21H35NO5/c1-6-14(7-2)13-26-19(24)18-11-16-10-17(23)9-8-15(16)12-22(18)20(25)27-21(3,4)5/h14-16,18H,6-13H2,1-5H3/t15-,16+,18-/m0/s1. The first-order chi connectivity index (χ1) is 12.6. The lowest BCUT2D eigenvalue weighted by Crippen LogP contribution is -2.56. The summed E-state index contributed by atoms with van der Waals surface area (Å²) in [6, 6.07) is -0.665. The van der Waals surface area contributed by atoms with Gasteiger partial charge in [0.2, 0.25) is 0 Å². The maximum Gasteiger partial charge on any atom is 0.411 e. The minimum absolute atomic E-state index is 0.149. The number of nitrogens with zero attached hydrogens (tertiary/aromatic N) is 1. The summed E-state index contributed by atoms with van der Waals surface area (Å²) < 4.78 is 11.1. The molecule has 0 aromatic heterocycles. The molecule has 1 heterocycles. The highest BCUT2D eigenvalue weighted by atomic mass is 16.6. The zero-order chi connectivity index (χ0) is 20.2. The number of Topliss-reactive ketones (excluding diaryl/α,β-unsaturated/α-hetero) is 1. The van der Waals surface area contributed by atoms with Crippen molar-refractivity contribution in [1.29, 1.82) is 0 Å². The van der Waals surface area contributed by atoms with Gasteiger partial charge in [-0.15, -0.1) is 0 Å². The first-order valence-electron chi connectivity index (χ1n) is 10.3. The van der Waals surface area contributed by atoms with Crippen molar-refractivity contribution >= 4 is 17.8 Å². The highest BCUT2D eigenvalue weighted by Gasteiger charge is 2.45. The fourth-order valence-electron chi connectivity index (χ4n) is 4.02. The van der Waals surface area contributed by atoms with E-state index < -0.39 is 17.7 Å². The molecule has 3 atom stereocenters. The van der Waals surface area contributed by atoms with Crippen molar-refractivity contribution in [3.63, 3.8) is 0 Å². The molecule has 0 bridgehead atoms. The van der Waals surface area contributed by atoms with Gasteiger partial charge in [0.05, 0.1) is 6.61 Å². The van der Waals surface area contributed by atoms with Crippen LogP contribution in [0.5, 0.6) is 0 Å². The monoisotopic (exact) mass is 381 g/mol. The molecule has 6 heteroatoms. The maximum absolute atomic E-state index is 12.8. The predicted molar refractivity (Wildman–Crippen MR) is 102 cm³/mol. The van der Waals surface area contributed by atoms with Gasteiger partial charge in [0.15, 0.2) is 0 Å². The Labute approximate surface area is 162 Å². The molecule has 27 heavy (non-hydrogen) atoms. The van der Waals surface area contributed by atoms with E-state index in [9.17, 15) is 14.4 Å². The van der Waals surface area contributed by atoms with Gasteiger partial charge < -0.3 is 9.47 Å². The minimum Gasteiger partial charge on any atom is -0.464 e. The van der Waals surface area contributed by atoms with Gasteiger partial charge in [0.25, 0.3) is 0 Å². The first kappa shape index (κ1) is 21.7. The summed E-state index contributed by atoms with van der Waals surface area (Å²) in [7, 11) is 0. The van der Waals surface area contributed by atoms with E-state index in [4.69, 9.17) is 9.47 Å². The molecule has 6 nitrogen and oxygen atoms in total. The number of fused-ring (bicyclic) bond motifs is 1. The largest absolute Gasteiger partial charge is 0.464 e. The quantitative estimate of drug-likeness (QED) is 0.674. The molecule has 1 saturated carbocycles. The Morgan fingerprint density at radius 1 is 1.19 bits per heavy atom. The van der Waals surface area contributed by atoms with Gasteiger partial charge in [-0.05, 0) is 51.4 Å². The molecule has 1 aliphatic carbocycles. The van der Waals surface area contributed by atoms with Crippen LogP contribution in [0.15, 0.2) is 0 Å². The summed E-state index contributed by atoms with van der Waals surface area (Å²) in [5.41, 5.74) is -0.625. The summed E-state index contributed by atoms with van der Waals surface area (Å²) in [4.78, 5) is 39.0. The van der Waals surface area contributed by atoms with Crippen molar-refractivity contribution in [2.45, 2.75) is 84.8 Å². The van der Waals surface area contributed by atoms with Gasteiger partial charge in [0.1, 0.15) is 17.4 Å². The molecule has 0 aromatic rings. The van der Waals surface area contributed by atoms with Gasteiger partial charge in [-0.3, -0.25) is 9.69 Å². The van der Waals surface area contributed by atoms with Gasteiger partial charge in [-0.1, -0.05) is 26.7 Å². The smallest absolute Gasteiger partial charge is 0.411 e. The molecule has 154 valence electrons. The van der Waals surface area contributed by atoms with Crippen molar-refractivity contribution < 1.29 is 23.9 Å². The maximum atomic E-state index is 12.8. The number of carbonyl (C=O) groups excluding carboxylic acids is 3. The molecule has 2 rings (SSSR count). The van der Waals surface area contributed by atoms with Crippen LogP contribution in [0.2, 0.25) is 0 Å². The topological polar surface area (TPSA) is 72.9 Å². The van der Waals surface area contributed by atoms with E-state index in [1.54, 1.807) is 0 Å². The van der Waals surface area contributed by atoms with Crippen molar-refractivity contribution in [2.24, 2.45) is 17.8 Å². The third-order valence-electron chi connectivity index (χ3n) is 5.80. The zero-order valence-corrected chi connectivity index (χ0v) is 17.5. The van der Waals surface area contributed by atoms with Crippen LogP contribution in [-0.2, 0) is 19.1 Å². The van der Waals surface area contributed by atoms with Crippen LogP contribution in [0.1, 0.15) is 73.1 Å². The number of carbonyl (C=O) groups is 3. The van der Waals surface area contributed by atoms with Crippen molar-refractivity contribution in [1.82, 2.24) is 4.90 Å². The van der Waals surface area contributed by atoms with Crippen LogP contribution >= 0.6 is 0 Å². The Bertz CT molecular complexity index is 549. The molecule has 0 spiro atoms. The number of ether oxygens (including phenoxy) is 2. The Morgan fingerprint density at radius 2 is 1.85 bits per heavy atom. The predicted octanol–water partition coefficient (Wildman–Crippen LogP) is 3.96. The van der Waals surface area contributed by atoms with Crippen LogP contribution in [0.4, 0.5) is 4.79 Å². The Balaban J connectivity index is 2.12. The number of hydrogen-bond donors (Lipinski definition) is 0. The Morgan fingerprint density at radius 3 is 2.44 bits per heavy atom. The number of ketones is 1. The third-order valence-corrected chi connectivity index (χ3v) is 5.80. The summed E-state index contributed by atoms with van der Waals surface area (Å²) >= 11 is 0. The number of likely N-dealkylation sites (tertiary alicyclic amines) is 1. The highest BCUT2D eigenvalue weighted by Crippen LogP contribution is 2.38. The van der Waals surface area contributed by atoms with Crippen molar-refractivity contribution in [3.8, 4) is 0 Å². The Hall–Kier alpha value is -1.59. The fourth-order valence-corrected chi connectivity index (χ4v) is 4.02. The van der Waals surface area contributed by atoms with E-state index in [0.717, 1.165) is 19.3 Å². The third kappa shape index (κ3) is 5.94. The molecule has 0 aromatic carbocycles. The summed E-state index contributed by atoms with van der Waals surface area (Å²) in [6.07, 6.45) is 3.75. The van der Waals surface area contributed by atoms with Crippen molar-refractivity contribution in [3.05, 3.63) is 0 Å². The average Bonchev–Trinajstić information content (AvgIpc) is 2.59.